The van der Waals surface area contributed by atoms with Gasteiger partial charge in [0.2, 0.25) is 0 Å². The molecule has 0 bridgehead atoms. The molecule has 0 aliphatic heterocycles. The van der Waals surface area contributed by atoms with E-state index in [4.69, 9.17) is 9.47 Å². The number of hydrogen-bond donors (Lipinski definition) is 1. The van der Waals surface area contributed by atoms with Crippen LogP contribution in [0, 0.1) is 0 Å². The molecule has 0 aromatic heterocycles. The number of ether oxygens (including phenoxy) is 2. The molecule has 0 aliphatic carbocycles. The highest BCUT2D eigenvalue weighted by Gasteiger charge is 2.09. The Hall–Kier alpha value is -1.52. The molecule has 0 aliphatic rings. The summed E-state index contributed by atoms with van der Waals surface area (Å²) in [6, 6.07) is 13.3. The Morgan fingerprint density at radius 3 is 2.55 bits per heavy atom. The van der Waals surface area contributed by atoms with E-state index in [9.17, 15) is 5.11 Å². The van der Waals surface area contributed by atoms with Gasteiger partial charge in [-0.25, -0.2) is 0 Å². The molecule has 1 N–H and O–H groups in total. The third-order valence-electron chi connectivity index (χ3n) is 2.98. The molecule has 106 valence electrons. The lowest BCUT2D eigenvalue weighted by molar-refractivity contribution is 0.190. The van der Waals surface area contributed by atoms with Gasteiger partial charge in [-0.05, 0) is 46.6 Å². The molecule has 0 saturated carbocycles. The van der Waals surface area contributed by atoms with Crippen molar-refractivity contribution in [3.63, 3.8) is 0 Å². The number of para-hydroxylation sites is 1. The van der Waals surface area contributed by atoms with Gasteiger partial charge in [0.1, 0.15) is 18.1 Å². The van der Waals surface area contributed by atoms with Gasteiger partial charge in [-0.2, -0.15) is 0 Å². The van der Waals surface area contributed by atoms with Crippen LogP contribution in [0.15, 0.2) is 46.9 Å². The normalized spacial score (nSPS) is 12.0. The lowest BCUT2D eigenvalue weighted by Crippen LogP contribution is -2.01. The Labute approximate surface area is 127 Å². The number of benzene rings is 2. The van der Waals surface area contributed by atoms with Crippen LogP contribution in [0.4, 0.5) is 0 Å². The van der Waals surface area contributed by atoms with Crippen LogP contribution in [0.3, 0.4) is 0 Å². The number of rotatable bonds is 5. The number of aliphatic hydroxyl groups is 1. The van der Waals surface area contributed by atoms with E-state index in [-0.39, 0.29) is 0 Å². The lowest BCUT2D eigenvalue weighted by Gasteiger charge is -2.13. The van der Waals surface area contributed by atoms with Crippen molar-refractivity contribution in [2.45, 2.75) is 19.6 Å². The Balaban J connectivity index is 2.11. The molecular weight excluding hydrogens is 320 g/mol. The van der Waals surface area contributed by atoms with Crippen LogP contribution in [-0.4, -0.2) is 12.2 Å². The van der Waals surface area contributed by atoms with Gasteiger partial charge >= 0.3 is 0 Å². The largest absolute Gasteiger partial charge is 0.496 e. The van der Waals surface area contributed by atoms with Gasteiger partial charge in [0, 0.05) is 5.56 Å². The average molecular weight is 337 g/mol. The monoisotopic (exact) mass is 336 g/mol. The summed E-state index contributed by atoms with van der Waals surface area (Å²) >= 11 is 3.45. The third kappa shape index (κ3) is 3.52. The van der Waals surface area contributed by atoms with Gasteiger partial charge in [-0.1, -0.05) is 24.3 Å². The summed E-state index contributed by atoms with van der Waals surface area (Å²) in [6.45, 7) is 2.17. The van der Waals surface area contributed by atoms with Crippen molar-refractivity contribution in [2.24, 2.45) is 0 Å². The van der Waals surface area contributed by atoms with Crippen molar-refractivity contribution in [3.05, 3.63) is 58.1 Å². The molecular formula is C16H17BrO3. The smallest absolute Gasteiger partial charge is 0.133 e. The van der Waals surface area contributed by atoms with Gasteiger partial charge in [-0.15, -0.1) is 0 Å². The Bertz CT molecular complexity index is 582. The first-order valence-electron chi connectivity index (χ1n) is 6.34. The molecule has 0 amide bonds. The molecule has 3 nitrogen and oxygen atoms in total. The maximum Gasteiger partial charge on any atom is 0.133 e. The topological polar surface area (TPSA) is 38.7 Å². The van der Waals surface area contributed by atoms with Gasteiger partial charge in [0.05, 0.1) is 17.7 Å². The molecule has 0 unspecified atom stereocenters. The standard InChI is InChI=1S/C16H17BrO3/c1-11(18)13-5-3-4-6-15(13)20-10-12-7-8-16(19-2)14(17)9-12/h3-9,11,18H,10H2,1-2H3/t11-/m1/s1. The zero-order valence-electron chi connectivity index (χ0n) is 11.5. The van der Waals surface area contributed by atoms with Crippen molar-refractivity contribution < 1.29 is 14.6 Å². The second-order valence-electron chi connectivity index (χ2n) is 4.47. The Kier molecular flexibility index (Phi) is 5.04. The van der Waals surface area contributed by atoms with E-state index in [1.165, 1.54) is 0 Å². The summed E-state index contributed by atoms with van der Waals surface area (Å²) in [6.07, 6.45) is -0.547. The molecule has 0 radical (unpaired) electrons. The molecule has 1 atom stereocenters. The predicted molar refractivity (Wildman–Crippen MR) is 82.1 cm³/mol. The molecule has 4 heteroatoms. The van der Waals surface area contributed by atoms with Crippen molar-refractivity contribution in [1.29, 1.82) is 0 Å². The first kappa shape index (κ1) is 14.9. The van der Waals surface area contributed by atoms with Crippen LogP contribution in [0.1, 0.15) is 24.2 Å². The maximum atomic E-state index is 9.71. The summed E-state index contributed by atoms with van der Waals surface area (Å²) < 4.78 is 11.9. The van der Waals surface area contributed by atoms with Crippen LogP contribution in [-0.2, 0) is 6.61 Å². The summed E-state index contributed by atoms with van der Waals surface area (Å²) in [7, 11) is 1.63. The van der Waals surface area contributed by atoms with Crippen molar-refractivity contribution in [1.82, 2.24) is 0 Å². The lowest BCUT2D eigenvalue weighted by atomic mass is 10.1. The fraction of sp³-hybridized carbons (Fsp3) is 0.250. The van der Waals surface area contributed by atoms with E-state index in [2.05, 4.69) is 15.9 Å². The van der Waals surface area contributed by atoms with Crippen molar-refractivity contribution in [2.75, 3.05) is 7.11 Å². The SMILES string of the molecule is COc1ccc(COc2ccccc2[C@@H](C)O)cc1Br. The van der Waals surface area contributed by atoms with Crippen molar-refractivity contribution >= 4 is 15.9 Å². The second kappa shape index (κ2) is 6.77. The van der Waals surface area contributed by atoms with E-state index in [1.807, 2.05) is 42.5 Å². The molecule has 2 aromatic carbocycles. The van der Waals surface area contributed by atoms with Gasteiger partial charge in [-0.3, -0.25) is 0 Å². The van der Waals surface area contributed by atoms with Gasteiger partial charge in [0.25, 0.3) is 0 Å². The van der Waals surface area contributed by atoms with Crippen LogP contribution < -0.4 is 9.47 Å². The number of hydrogen-bond acceptors (Lipinski definition) is 3. The first-order valence-corrected chi connectivity index (χ1v) is 7.13. The van der Waals surface area contributed by atoms with E-state index < -0.39 is 6.10 Å². The fourth-order valence-corrected chi connectivity index (χ4v) is 2.51. The van der Waals surface area contributed by atoms with Crippen LogP contribution in [0.5, 0.6) is 11.5 Å². The highest BCUT2D eigenvalue weighted by atomic mass is 79.9. The summed E-state index contributed by atoms with van der Waals surface area (Å²) in [5, 5.41) is 9.71. The number of aliphatic hydroxyl groups excluding tert-OH is 1. The highest BCUT2D eigenvalue weighted by molar-refractivity contribution is 9.10. The van der Waals surface area contributed by atoms with Crippen LogP contribution in [0.25, 0.3) is 0 Å². The van der Waals surface area contributed by atoms with E-state index in [1.54, 1.807) is 14.0 Å². The van der Waals surface area contributed by atoms with E-state index in [0.717, 1.165) is 21.3 Å². The first-order chi connectivity index (χ1) is 9.61. The van der Waals surface area contributed by atoms with E-state index >= 15 is 0 Å². The molecule has 2 rings (SSSR count). The molecule has 0 fully saturated rings. The van der Waals surface area contributed by atoms with Crippen LogP contribution >= 0.6 is 15.9 Å². The van der Waals surface area contributed by atoms with Crippen LogP contribution in [0.2, 0.25) is 0 Å². The molecule has 0 saturated heterocycles. The minimum Gasteiger partial charge on any atom is -0.496 e. The molecule has 20 heavy (non-hydrogen) atoms. The van der Waals surface area contributed by atoms with E-state index in [0.29, 0.717) is 12.4 Å². The minimum atomic E-state index is -0.547. The highest BCUT2D eigenvalue weighted by Crippen LogP contribution is 2.28. The van der Waals surface area contributed by atoms with Crippen molar-refractivity contribution in [3.8, 4) is 11.5 Å². The predicted octanol–water partition coefficient (Wildman–Crippen LogP) is 4.09. The quantitative estimate of drug-likeness (QED) is 0.893. The zero-order valence-corrected chi connectivity index (χ0v) is 13.1. The third-order valence-corrected chi connectivity index (χ3v) is 3.60. The average Bonchev–Trinajstić information content (AvgIpc) is 2.45. The second-order valence-corrected chi connectivity index (χ2v) is 5.33. The molecule has 0 heterocycles. The van der Waals surface area contributed by atoms with Gasteiger partial charge < -0.3 is 14.6 Å². The fourth-order valence-electron chi connectivity index (χ4n) is 1.92. The summed E-state index contributed by atoms with van der Waals surface area (Å²) in [5.74, 6) is 1.49. The summed E-state index contributed by atoms with van der Waals surface area (Å²) in [4.78, 5) is 0. The number of halogens is 1. The number of methoxy groups -OCH3 is 1. The summed E-state index contributed by atoms with van der Waals surface area (Å²) in [5.41, 5.74) is 1.82. The molecule has 2 aromatic rings. The minimum absolute atomic E-state index is 0.437. The Morgan fingerprint density at radius 1 is 1.15 bits per heavy atom. The Morgan fingerprint density at radius 2 is 1.90 bits per heavy atom. The van der Waals surface area contributed by atoms with Gasteiger partial charge in [0.15, 0.2) is 0 Å². The maximum absolute atomic E-state index is 9.71. The zero-order chi connectivity index (χ0) is 14.5. The molecule has 0 spiro atoms.